The lowest BCUT2D eigenvalue weighted by molar-refractivity contribution is -0.122. The van der Waals surface area contributed by atoms with Crippen molar-refractivity contribution < 1.29 is 19.1 Å². The van der Waals surface area contributed by atoms with Crippen molar-refractivity contribution in [1.29, 1.82) is 0 Å². The number of hydrogen-bond acceptors (Lipinski definition) is 6. The molecule has 1 fully saturated rings. The summed E-state index contributed by atoms with van der Waals surface area (Å²) in [6.45, 7) is 8.26. The topological polar surface area (TPSA) is 83.1 Å². The Morgan fingerprint density at radius 1 is 0.906 bits per heavy atom. The van der Waals surface area contributed by atoms with E-state index < -0.39 is 0 Å². The maximum atomic E-state index is 12.8. The molecule has 2 aromatic rings. The average Bonchev–Trinajstić information content (AvgIpc) is 2.80. The predicted octanol–water partition coefficient (Wildman–Crippen LogP) is 2.35. The Kier molecular flexibility index (Phi) is 6.92. The lowest BCUT2D eigenvalue weighted by atomic mass is 10.2. The van der Waals surface area contributed by atoms with E-state index in [1.807, 2.05) is 50.2 Å². The van der Waals surface area contributed by atoms with Gasteiger partial charge in [0.15, 0.2) is 11.5 Å². The Morgan fingerprint density at radius 2 is 1.56 bits per heavy atom. The molecule has 1 unspecified atom stereocenters. The fraction of sp³-hybridized carbons (Fsp3) is 0.417. The van der Waals surface area contributed by atoms with Crippen molar-refractivity contribution in [1.82, 2.24) is 9.80 Å². The van der Waals surface area contributed by atoms with Crippen molar-refractivity contribution in [3.63, 3.8) is 0 Å². The summed E-state index contributed by atoms with van der Waals surface area (Å²) in [7, 11) is 0. The molecule has 1 saturated heterocycles. The fourth-order valence-corrected chi connectivity index (χ4v) is 3.88. The van der Waals surface area contributed by atoms with Crippen LogP contribution in [0.5, 0.6) is 11.5 Å². The number of amides is 2. The van der Waals surface area contributed by atoms with Crippen LogP contribution in [0.3, 0.4) is 0 Å². The minimum absolute atomic E-state index is 0.0216. The Labute approximate surface area is 188 Å². The van der Waals surface area contributed by atoms with Crippen molar-refractivity contribution in [2.24, 2.45) is 0 Å². The van der Waals surface area contributed by atoms with Gasteiger partial charge >= 0.3 is 0 Å². The van der Waals surface area contributed by atoms with Gasteiger partial charge in [-0.3, -0.25) is 19.4 Å². The van der Waals surface area contributed by atoms with Gasteiger partial charge in [0.25, 0.3) is 0 Å². The summed E-state index contributed by atoms with van der Waals surface area (Å²) in [5, 5.41) is 5.91. The number of benzene rings is 2. The highest BCUT2D eigenvalue weighted by Gasteiger charge is 2.26. The quantitative estimate of drug-likeness (QED) is 0.721. The van der Waals surface area contributed by atoms with Gasteiger partial charge in [-0.05, 0) is 38.1 Å². The van der Waals surface area contributed by atoms with Crippen LogP contribution in [0, 0.1) is 6.92 Å². The number of aryl methyl sites for hydroxylation is 1. The molecule has 0 aromatic heterocycles. The number of nitrogens with zero attached hydrogens (tertiary/aromatic N) is 2. The Morgan fingerprint density at radius 3 is 2.28 bits per heavy atom. The molecule has 1 atom stereocenters. The number of carbonyl (C=O) groups is 2. The fourth-order valence-electron chi connectivity index (χ4n) is 3.88. The van der Waals surface area contributed by atoms with E-state index in [0.29, 0.717) is 36.9 Å². The van der Waals surface area contributed by atoms with Crippen molar-refractivity contribution in [2.45, 2.75) is 19.9 Å². The second kappa shape index (κ2) is 10.0. The van der Waals surface area contributed by atoms with E-state index in [-0.39, 0.29) is 17.9 Å². The van der Waals surface area contributed by atoms with Crippen LogP contribution in [0.2, 0.25) is 0 Å². The number of anilines is 2. The Hall–Kier alpha value is -3.10. The number of rotatable bonds is 6. The number of piperazine rings is 1. The van der Waals surface area contributed by atoms with Crippen molar-refractivity contribution >= 4 is 23.2 Å². The molecule has 0 aliphatic carbocycles. The lowest BCUT2D eigenvalue weighted by Gasteiger charge is -2.37. The molecule has 2 aromatic carbocycles. The van der Waals surface area contributed by atoms with Gasteiger partial charge in [0.2, 0.25) is 11.8 Å². The van der Waals surface area contributed by atoms with Crippen molar-refractivity contribution in [3.8, 4) is 11.5 Å². The normalized spacial score (nSPS) is 17.4. The van der Waals surface area contributed by atoms with Crippen LogP contribution >= 0.6 is 0 Å². The van der Waals surface area contributed by atoms with Crippen molar-refractivity contribution in [3.05, 3.63) is 48.0 Å². The zero-order chi connectivity index (χ0) is 22.5. The highest BCUT2D eigenvalue weighted by atomic mass is 16.6. The summed E-state index contributed by atoms with van der Waals surface area (Å²) >= 11 is 0. The molecule has 0 radical (unpaired) electrons. The van der Waals surface area contributed by atoms with E-state index in [1.54, 1.807) is 6.07 Å². The first-order valence-corrected chi connectivity index (χ1v) is 11.0. The SMILES string of the molecule is Cc1ccc(NC(=O)CN2CCN(C(C)C(=O)Nc3ccc4c(c3)OCCO4)CC2)cc1. The van der Waals surface area contributed by atoms with Crippen LogP contribution in [0.1, 0.15) is 12.5 Å². The van der Waals surface area contributed by atoms with Crippen LogP contribution in [-0.2, 0) is 9.59 Å². The summed E-state index contributed by atoms with van der Waals surface area (Å²) in [5.74, 6) is 1.27. The largest absolute Gasteiger partial charge is 0.486 e. The summed E-state index contributed by atoms with van der Waals surface area (Å²) in [6.07, 6.45) is 0. The highest BCUT2D eigenvalue weighted by Crippen LogP contribution is 2.32. The first-order valence-electron chi connectivity index (χ1n) is 11.0. The second-order valence-corrected chi connectivity index (χ2v) is 8.25. The third-order valence-electron chi connectivity index (χ3n) is 5.85. The molecule has 4 rings (SSSR count). The van der Waals surface area contributed by atoms with Crippen LogP contribution in [-0.4, -0.2) is 73.6 Å². The lowest BCUT2D eigenvalue weighted by Crippen LogP contribution is -2.53. The average molecular weight is 439 g/mol. The number of carbonyl (C=O) groups excluding carboxylic acids is 2. The standard InChI is InChI=1S/C24H30N4O4/c1-17-3-5-19(6-4-17)25-23(29)16-27-9-11-28(12-10-27)18(2)24(30)26-20-7-8-21-22(15-20)32-14-13-31-21/h3-8,15,18H,9-14,16H2,1-2H3,(H,25,29)(H,26,30). The minimum Gasteiger partial charge on any atom is -0.486 e. The summed E-state index contributed by atoms with van der Waals surface area (Å²) in [4.78, 5) is 29.4. The minimum atomic E-state index is -0.272. The van der Waals surface area contributed by atoms with Gasteiger partial charge in [-0.1, -0.05) is 17.7 Å². The third-order valence-corrected chi connectivity index (χ3v) is 5.85. The van der Waals surface area contributed by atoms with Gasteiger partial charge in [0.1, 0.15) is 13.2 Å². The maximum Gasteiger partial charge on any atom is 0.241 e. The monoisotopic (exact) mass is 438 g/mol. The van der Waals surface area contributed by atoms with Gasteiger partial charge < -0.3 is 20.1 Å². The Balaban J connectivity index is 1.23. The summed E-state index contributed by atoms with van der Waals surface area (Å²) in [5.41, 5.74) is 2.66. The van der Waals surface area contributed by atoms with E-state index in [1.165, 1.54) is 0 Å². The molecular weight excluding hydrogens is 408 g/mol. The molecule has 2 amide bonds. The maximum absolute atomic E-state index is 12.8. The van der Waals surface area contributed by atoms with Gasteiger partial charge in [0.05, 0.1) is 12.6 Å². The molecule has 0 saturated carbocycles. The number of hydrogen-bond donors (Lipinski definition) is 2. The van der Waals surface area contributed by atoms with Gasteiger partial charge in [-0.25, -0.2) is 0 Å². The molecule has 2 aliphatic heterocycles. The smallest absolute Gasteiger partial charge is 0.241 e. The molecule has 0 bridgehead atoms. The molecule has 2 heterocycles. The molecule has 2 aliphatic rings. The number of nitrogens with one attached hydrogen (secondary N) is 2. The Bertz CT molecular complexity index is 955. The third kappa shape index (κ3) is 5.57. The first kappa shape index (κ1) is 22.1. The van der Waals surface area contributed by atoms with E-state index in [2.05, 4.69) is 20.4 Å². The molecule has 8 nitrogen and oxygen atoms in total. The van der Waals surface area contributed by atoms with Gasteiger partial charge in [0, 0.05) is 43.6 Å². The van der Waals surface area contributed by atoms with Crippen molar-refractivity contribution in [2.75, 3.05) is 56.6 Å². The van der Waals surface area contributed by atoms with Crippen LogP contribution < -0.4 is 20.1 Å². The number of fused-ring (bicyclic) bond motifs is 1. The predicted molar refractivity (Wildman–Crippen MR) is 123 cm³/mol. The van der Waals surface area contributed by atoms with Crippen LogP contribution in [0.25, 0.3) is 0 Å². The summed E-state index contributed by atoms with van der Waals surface area (Å²) < 4.78 is 11.1. The molecule has 32 heavy (non-hydrogen) atoms. The van der Waals surface area contributed by atoms with Gasteiger partial charge in [-0.15, -0.1) is 0 Å². The van der Waals surface area contributed by atoms with Crippen LogP contribution in [0.4, 0.5) is 11.4 Å². The zero-order valence-electron chi connectivity index (χ0n) is 18.6. The first-order chi connectivity index (χ1) is 15.5. The molecule has 0 spiro atoms. The summed E-state index contributed by atoms with van der Waals surface area (Å²) in [6, 6.07) is 12.9. The van der Waals surface area contributed by atoms with Gasteiger partial charge in [-0.2, -0.15) is 0 Å². The second-order valence-electron chi connectivity index (χ2n) is 8.25. The molecular formula is C24H30N4O4. The molecule has 8 heteroatoms. The van der Waals surface area contributed by atoms with E-state index in [4.69, 9.17) is 9.47 Å². The number of ether oxygens (including phenoxy) is 2. The molecule has 170 valence electrons. The van der Waals surface area contributed by atoms with Crippen LogP contribution in [0.15, 0.2) is 42.5 Å². The molecule has 2 N–H and O–H groups in total. The zero-order valence-corrected chi connectivity index (χ0v) is 18.6. The van der Waals surface area contributed by atoms with E-state index >= 15 is 0 Å². The van der Waals surface area contributed by atoms with E-state index in [0.717, 1.165) is 37.4 Å². The highest BCUT2D eigenvalue weighted by molar-refractivity contribution is 5.95. The van der Waals surface area contributed by atoms with E-state index in [9.17, 15) is 9.59 Å².